The minimum Gasteiger partial charge on any atom is -0.367 e. The molecule has 1 aromatic heterocycles. The number of nitrogens with zero attached hydrogens (tertiary/aromatic N) is 1. The Balaban J connectivity index is 2.16. The van der Waals surface area contributed by atoms with Gasteiger partial charge in [-0.15, -0.1) is 0 Å². The minimum absolute atomic E-state index is 0.216. The van der Waals surface area contributed by atoms with E-state index < -0.39 is 0 Å². The van der Waals surface area contributed by atoms with E-state index in [1.165, 1.54) is 5.56 Å². The highest BCUT2D eigenvalue weighted by molar-refractivity contribution is 5.78. The molecule has 1 heterocycles. The molecule has 0 atom stereocenters. The zero-order valence-corrected chi connectivity index (χ0v) is 12.8. The number of aryl methyl sites for hydroxylation is 1. The zero-order chi connectivity index (χ0) is 14.7. The Bertz CT molecular complexity index is 653. The highest BCUT2D eigenvalue weighted by Crippen LogP contribution is 2.74. The van der Waals surface area contributed by atoms with Crippen LogP contribution in [0.1, 0.15) is 44.9 Å². The van der Waals surface area contributed by atoms with Crippen molar-refractivity contribution < 1.29 is 4.52 Å². The summed E-state index contributed by atoms with van der Waals surface area (Å²) in [7, 11) is 0. The molecule has 3 heteroatoms. The first-order chi connectivity index (χ1) is 9.28. The predicted molar refractivity (Wildman–Crippen MR) is 81.4 cm³/mol. The average molecular weight is 270 g/mol. The van der Waals surface area contributed by atoms with Crippen molar-refractivity contribution in [3.05, 3.63) is 35.5 Å². The summed E-state index contributed by atoms with van der Waals surface area (Å²) in [6.07, 6.45) is 0. The van der Waals surface area contributed by atoms with Crippen molar-refractivity contribution in [2.45, 2.75) is 40.5 Å². The van der Waals surface area contributed by atoms with Gasteiger partial charge in [-0.2, -0.15) is 0 Å². The summed E-state index contributed by atoms with van der Waals surface area (Å²) in [4.78, 5) is 0. The van der Waals surface area contributed by atoms with Gasteiger partial charge in [0.15, 0.2) is 0 Å². The third-order valence-electron chi connectivity index (χ3n) is 5.45. The lowest BCUT2D eigenvalue weighted by atomic mass is 9.96. The summed E-state index contributed by atoms with van der Waals surface area (Å²) in [5.41, 5.74) is 10.8. The number of nitrogens with two attached hydrogens (primary N) is 1. The van der Waals surface area contributed by atoms with Gasteiger partial charge in [-0.3, -0.25) is 0 Å². The SMILES string of the molecule is Cc1ccccc1-c1c(C2C(C)(C)C2(C)C)noc1N. The zero-order valence-electron chi connectivity index (χ0n) is 12.8. The van der Waals surface area contributed by atoms with Crippen LogP contribution in [0, 0.1) is 17.8 Å². The highest BCUT2D eigenvalue weighted by Gasteiger charge is 2.67. The van der Waals surface area contributed by atoms with Crippen LogP contribution in [0.5, 0.6) is 0 Å². The maximum Gasteiger partial charge on any atom is 0.230 e. The maximum absolute atomic E-state index is 6.06. The number of rotatable bonds is 2. The van der Waals surface area contributed by atoms with E-state index in [0.29, 0.717) is 11.8 Å². The molecule has 1 saturated carbocycles. The lowest BCUT2D eigenvalue weighted by Gasteiger charge is -2.07. The second-order valence-corrected chi connectivity index (χ2v) is 7.00. The van der Waals surface area contributed by atoms with Crippen LogP contribution in [0.15, 0.2) is 28.8 Å². The van der Waals surface area contributed by atoms with Crippen molar-refractivity contribution >= 4 is 5.88 Å². The lowest BCUT2D eigenvalue weighted by molar-refractivity contribution is 0.423. The van der Waals surface area contributed by atoms with Crippen molar-refractivity contribution in [2.24, 2.45) is 10.8 Å². The second-order valence-electron chi connectivity index (χ2n) is 7.00. The van der Waals surface area contributed by atoms with E-state index in [9.17, 15) is 0 Å². The first-order valence-corrected chi connectivity index (χ1v) is 7.09. The molecule has 1 aliphatic carbocycles. The molecule has 1 fully saturated rings. The summed E-state index contributed by atoms with van der Waals surface area (Å²) < 4.78 is 5.32. The summed E-state index contributed by atoms with van der Waals surface area (Å²) in [5.74, 6) is 0.804. The highest BCUT2D eigenvalue weighted by atomic mass is 16.5. The fourth-order valence-corrected chi connectivity index (χ4v) is 3.52. The molecule has 1 aromatic carbocycles. The molecule has 0 radical (unpaired) electrons. The molecule has 2 N–H and O–H groups in total. The number of benzene rings is 1. The van der Waals surface area contributed by atoms with Gasteiger partial charge in [-0.1, -0.05) is 57.1 Å². The first-order valence-electron chi connectivity index (χ1n) is 7.09. The Morgan fingerprint density at radius 1 is 1.10 bits per heavy atom. The van der Waals surface area contributed by atoms with Gasteiger partial charge in [-0.25, -0.2) is 0 Å². The van der Waals surface area contributed by atoms with Gasteiger partial charge in [0.25, 0.3) is 0 Å². The molecule has 106 valence electrons. The number of hydrogen-bond acceptors (Lipinski definition) is 3. The molecule has 3 nitrogen and oxygen atoms in total. The first kappa shape index (κ1) is 13.2. The molecule has 1 aliphatic rings. The molecule has 3 rings (SSSR count). The molecule has 20 heavy (non-hydrogen) atoms. The van der Waals surface area contributed by atoms with Crippen molar-refractivity contribution in [2.75, 3.05) is 5.73 Å². The average Bonchev–Trinajstić information content (AvgIpc) is 2.65. The summed E-state index contributed by atoms with van der Waals surface area (Å²) >= 11 is 0. The number of hydrogen-bond donors (Lipinski definition) is 1. The van der Waals surface area contributed by atoms with Crippen LogP contribution >= 0.6 is 0 Å². The molecular weight excluding hydrogens is 248 g/mol. The van der Waals surface area contributed by atoms with Gasteiger partial charge in [0.05, 0.1) is 11.3 Å². The lowest BCUT2D eigenvalue weighted by Crippen LogP contribution is -1.95. The van der Waals surface area contributed by atoms with Gasteiger partial charge < -0.3 is 10.3 Å². The standard InChI is InChI=1S/C17H22N2O/c1-10-8-6-7-9-11(10)12-13(19-20-15(12)18)14-16(2,3)17(14,4)5/h6-9,14H,18H2,1-5H3. The van der Waals surface area contributed by atoms with Crippen LogP contribution < -0.4 is 5.73 Å². The molecule has 0 amide bonds. The van der Waals surface area contributed by atoms with E-state index in [1.807, 2.05) is 12.1 Å². The third kappa shape index (κ3) is 1.55. The van der Waals surface area contributed by atoms with Crippen LogP contribution in [0.2, 0.25) is 0 Å². The van der Waals surface area contributed by atoms with Crippen LogP contribution in [0.4, 0.5) is 5.88 Å². The van der Waals surface area contributed by atoms with E-state index in [4.69, 9.17) is 10.3 Å². The molecule has 0 aliphatic heterocycles. The maximum atomic E-state index is 6.06. The monoisotopic (exact) mass is 270 g/mol. The van der Waals surface area contributed by atoms with Crippen LogP contribution in [-0.2, 0) is 0 Å². The van der Waals surface area contributed by atoms with Crippen LogP contribution in [0.25, 0.3) is 11.1 Å². The molecule has 0 bridgehead atoms. The van der Waals surface area contributed by atoms with E-state index in [2.05, 4.69) is 51.9 Å². The van der Waals surface area contributed by atoms with Gasteiger partial charge in [-0.05, 0) is 28.9 Å². The second kappa shape index (κ2) is 3.87. The summed E-state index contributed by atoms with van der Waals surface area (Å²) in [5, 5.41) is 4.29. The van der Waals surface area contributed by atoms with E-state index in [1.54, 1.807) is 0 Å². The Kier molecular flexibility index (Phi) is 2.56. The minimum atomic E-state index is 0.216. The Morgan fingerprint density at radius 2 is 1.70 bits per heavy atom. The molecule has 0 unspecified atom stereocenters. The Hall–Kier alpha value is -1.77. The van der Waals surface area contributed by atoms with Crippen molar-refractivity contribution in [3.63, 3.8) is 0 Å². The Morgan fingerprint density at radius 3 is 2.25 bits per heavy atom. The normalized spacial score (nSPS) is 20.1. The molecular formula is C17H22N2O. The Labute approximate surface area is 120 Å². The van der Waals surface area contributed by atoms with Crippen LogP contribution in [0.3, 0.4) is 0 Å². The fraction of sp³-hybridized carbons (Fsp3) is 0.471. The van der Waals surface area contributed by atoms with Crippen LogP contribution in [-0.4, -0.2) is 5.16 Å². The van der Waals surface area contributed by atoms with Gasteiger partial charge in [0, 0.05) is 5.92 Å². The molecule has 0 spiro atoms. The number of anilines is 1. The predicted octanol–water partition coefficient (Wildman–Crippen LogP) is 4.38. The summed E-state index contributed by atoms with van der Waals surface area (Å²) in [6.45, 7) is 11.2. The third-order valence-corrected chi connectivity index (χ3v) is 5.45. The quantitative estimate of drug-likeness (QED) is 0.881. The van der Waals surface area contributed by atoms with Gasteiger partial charge in [0.2, 0.25) is 5.88 Å². The van der Waals surface area contributed by atoms with E-state index in [-0.39, 0.29) is 10.8 Å². The van der Waals surface area contributed by atoms with Crippen molar-refractivity contribution in [3.8, 4) is 11.1 Å². The van der Waals surface area contributed by atoms with Crippen molar-refractivity contribution in [1.29, 1.82) is 0 Å². The van der Waals surface area contributed by atoms with Gasteiger partial charge in [0.1, 0.15) is 0 Å². The van der Waals surface area contributed by atoms with E-state index >= 15 is 0 Å². The topological polar surface area (TPSA) is 52.0 Å². The van der Waals surface area contributed by atoms with Gasteiger partial charge >= 0.3 is 0 Å². The largest absolute Gasteiger partial charge is 0.367 e. The molecule has 0 saturated heterocycles. The smallest absolute Gasteiger partial charge is 0.230 e. The fourth-order valence-electron chi connectivity index (χ4n) is 3.52. The molecule has 2 aromatic rings. The number of nitrogen functional groups attached to an aromatic ring is 1. The van der Waals surface area contributed by atoms with E-state index in [0.717, 1.165) is 16.8 Å². The summed E-state index contributed by atoms with van der Waals surface area (Å²) in [6, 6.07) is 8.24. The number of aromatic nitrogens is 1. The van der Waals surface area contributed by atoms with Crippen molar-refractivity contribution in [1.82, 2.24) is 5.16 Å².